The average molecular weight is 691 g/mol. The number of aliphatic hydroxyl groups excluding tert-OH is 1. The molecule has 0 atom stereocenters. The summed E-state index contributed by atoms with van der Waals surface area (Å²) < 4.78 is 1.22. The van der Waals surface area contributed by atoms with E-state index in [1.165, 1.54) is 51.6 Å². The van der Waals surface area contributed by atoms with Gasteiger partial charge >= 0.3 is 0 Å². The molecule has 2 aromatic heterocycles. The number of carbonyl (C=O) groups is 1. The summed E-state index contributed by atoms with van der Waals surface area (Å²) in [4.78, 5) is 16.0. The summed E-state index contributed by atoms with van der Waals surface area (Å²) in [7, 11) is 0. The first-order valence-electron chi connectivity index (χ1n) is 12.1. The first-order chi connectivity index (χ1) is 16.7. The van der Waals surface area contributed by atoms with E-state index in [2.05, 4.69) is 89.0 Å². The molecule has 3 nitrogen and oxygen atoms in total. The van der Waals surface area contributed by atoms with Crippen molar-refractivity contribution in [2.45, 2.75) is 66.2 Å². The fourth-order valence-electron chi connectivity index (χ4n) is 3.72. The standard InChI is InChI=1S/C27H28NS.C5H8O2.Ir/c1-26(2,3)21-12-19(13-22(16-21)27(4,5)6)24-15-20-14-23(28-17-25(20)29-24)18-10-8-7-9-11-18;1-4(6)3-5(2)7;/h7-10,12-17H,1-6H3;3,6H,1-2H3;/q-1;;/b;4-3-;. The Kier molecular flexibility index (Phi) is 10.2. The largest absolute Gasteiger partial charge is 0.512 e. The normalized spacial score (nSPS) is 11.9. The number of nitrogens with zero attached hydrogens (tertiary/aromatic N) is 1. The molecule has 1 radical (unpaired) electrons. The molecule has 197 valence electrons. The van der Waals surface area contributed by atoms with Gasteiger partial charge in [0.25, 0.3) is 0 Å². The number of rotatable bonds is 3. The van der Waals surface area contributed by atoms with Crippen LogP contribution in [-0.4, -0.2) is 15.9 Å². The topological polar surface area (TPSA) is 50.2 Å². The molecule has 0 saturated heterocycles. The Morgan fingerprint density at radius 3 is 2.03 bits per heavy atom. The Hall–Kier alpha value is -2.59. The van der Waals surface area contributed by atoms with Gasteiger partial charge in [0.15, 0.2) is 5.78 Å². The maximum atomic E-state index is 10.0. The number of pyridine rings is 1. The van der Waals surface area contributed by atoms with E-state index >= 15 is 0 Å². The number of benzene rings is 2. The number of aliphatic hydroxyl groups is 1. The van der Waals surface area contributed by atoms with E-state index in [0.29, 0.717) is 0 Å². The van der Waals surface area contributed by atoms with Gasteiger partial charge in [-0.2, -0.15) is 0 Å². The number of fused-ring (bicyclic) bond motifs is 1. The van der Waals surface area contributed by atoms with E-state index in [1.54, 1.807) is 0 Å². The van der Waals surface area contributed by atoms with Gasteiger partial charge in [-0.15, -0.1) is 47.2 Å². The van der Waals surface area contributed by atoms with Gasteiger partial charge in [0.2, 0.25) is 0 Å². The summed E-state index contributed by atoms with van der Waals surface area (Å²) in [6, 6.07) is 22.9. The third-order valence-corrected chi connectivity index (χ3v) is 6.89. The number of ketones is 1. The zero-order valence-corrected chi connectivity index (χ0v) is 26.1. The summed E-state index contributed by atoms with van der Waals surface area (Å²) in [5.74, 6) is -0.0625. The molecule has 0 aliphatic heterocycles. The Labute approximate surface area is 239 Å². The van der Waals surface area contributed by atoms with Crippen LogP contribution in [0.1, 0.15) is 66.5 Å². The number of carbonyl (C=O) groups excluding carboxylic acids is 1. The van der Waals surface area contributed by atoms with Crippen LogP contribution < -0.4 is 0 Å². The van der Waals surface area contributed by atoms with Crippen LogP contribution in [0.2, 0.25) is 0 Å². The van der Waals surface area contributed by atoms with E-state index in [1.807, 2.05) is 35.7 Å². The van der Waals surface area contributed by atoms with Crippen molar-refractivity contribution in [2.75, 3.05) is 0 Å². The van der Waals surface area contributed by atoms with Gasteiger partial charge in [-0.05, 0) is 70.6 Å². The predicted octanol–water partition coefficient (Wildman–Crippen LogP) is 9.06. The van der Waals surface area contributed by atoms with Crippen LogP contribution in [0.25, 0.3) is 31.8 Å². The van der Waals surface area contributed by atoms with E-state index in [-0.39, 0.29) is 42.5 Å². The molecule has 0 bridgehead atoms. The summed E-state index contributed by atoms with van der Waals surface area (Å²) in [5, 5.41) is 9.60. The fourth-order valence-corrected chi connectivity index (χ4v) is 4.72. The maximum absolute atomic E-state index is 10.0. The van der Waals surface area contributed by atoms with Crippen molar-refractivity contribution in [1.29, 1.82) is 0 Å². The quantitative estimate of drug-likeness (QED) is 0.133. The molecule has 2 heterocycles. The Morgan fingerprint density at radius 1 is 0.946 bits per heavy atom. The van der Waals surface area contributed by atoms with E-state index in [9.17, 15) is 4.79 Å². The average Bonchev–Trinajstić information content (AvgIpc) is 3.21. The molecule has 4 rings (SSSR count). The van der Waals surface area contributed by atoms with E-state index in [4.69, 9.17) is 5.11 Å². The third-order valence-electron chi connectivity index (χ3n) is 5.75. The number of thiophene rings is 1. The molecule has 1 N–H and O–H groups in total. The zero-order valence-electron chi connectivity index (χ0n) is 22.9. The molecule has 0 amide bonds. The minimum absolute atomic E-state index is 0. The van der Waals surface area contributed by atoms with Crippen molar-refractivity contribution >= 4 is 27.2 Å². The van der Waals surface area contributed by atoms with Crippen molar-refractivity contribution < 1.29 is 30.0 Å². The van der Waals surface area contributed by atoms with Crippen molar-refractivity contribution in [3.05, 3.63) is 89.8 Å². The Bertz CT molecular complexity index is 1350. The fraction of sp³-hybridized carbons (Fsp3) is 0.312. The maximum Gasteiger partial charge on any atom is 0.155 e. The van der Waals surface area contributed by atoms with Gasteiger partial charge in [-0.25, -0.2) is 0 Å². The van der Waals surface area contributed by atoms with Crippen LogP contribution in [0.15, 0.2) is 72.6 Å². The molecule has 0 aliphatic rings. The molecule has 0 unspecified atom stereocenters. The predicted molar refractivity (Wildman–Crippen MR) is 154 cm³/mol. The number of aromatic nitrogens is 1. The second-order valence-electron chi connectivity index (χ2n) is 11.2. The first-order valence-corrected chi connectivity index (χ1v) is 13.0. The first kappa shape index (κ1) is 30.6. The van der Waals surface area contributed by atoms with Crippen molar-refractivity contribution in [2.24, 2.45) is 0 Å². The Balaban J connectivity index is 0.000000532. The molecule has 0 fully saturated rings. The number of hydrogen-bond donors (Lipinski definition) is 1. The van der Waals surface area contributed by atoms with Crippen molar-refractivity contribution in [3.8, 4) is 21.7 Å². The second-order valence-corrected chi connectivity index (χ2v) is 12.3. The minimum atomic E-state index is -0.125. The van der Waals surface area contributed by atoms with E-state index < -0.39 is 0 Å². The van der Waals surface area contributed by atoms with Crippen molar-refractivity contribution in [3.63, 3.8) is 0 Å². The van der Waals surface area contributed by atoms with Gasteiger partial charge < -0.3 is 10.1 Å². The van der Waals surface area contributed by atoms with Gasteiger partial charge in [0, 0.05) is 37.3 Å². The number of allylic oxidation sites excluding steroid dienone is 2. The molecule has 0 spiro atoms. The Morgan fingerprint density at radius 2 is 1.57 bits per heavy atom. The number of hydrogen-bond acceptors (Lipinski definition) is 4. The smallest absolute Gasteiger partial charge is 0.155 e. The second kappa shape index (κ2) is 12.3. The van der Waals surface area contributed by atoms with Gasteiger partial charge in [0.05, 0.1) is 10.5 Å². The van der Waals surface area contributed by atoms with Crippen LogP contribution in [0.4, 0.5) is 0 Å². The molecular weight excluding hydrogens is 655 g/mol. The van der Waals surface area contributed by atoms with Crippen LogP contribution in [0.5, 0.6) is 0 Å². The molecule has 37 heavy (non-hydrogen) atoms. The van der Waals surface area contributed by atoms with Crippen LogP contribution in [0, 0.1) is 6.07 Å². The van der Waals surface area contributed by atoms with Crippen molar-refractivity contribution in [1.82, 2.24) is 4.98 Å². The summed E-state index contributed by atoms with van der Waals surface area (Å²) in [6.07, 6.45) is 3.16. The van der Waals surface area contributed by atoms with E-state index in [0.717, 1.165) is 11.3 Å². The monoisotopic (exact) mass is 691 g/mol. The molecule has 4 aromatic rings. The SMILES string of the molecule is CC(=O)/C=C(/C)O.CC(C)(C)c1cc(-c2cc3cc(-c4[c-]cccc4)ncc3s2)cc(C(C)(C)C)c1.[Ir]. The summed E-state index contributed by atoms with van der Waals surface area (Å²) in [5.41, 5.74) is 6.31. The molecule has 0 saturated carbocycles. The minimum Gasteiger partial charge on any atom is -0.512 e. The third kappa shape index (κ3) is 8.46. The van der Waals surface area contributed by atoms with Gasteiger partial charge in [0.1, 0.15) is 0 Å². The molecular formula is C32H36IrNO2S-. The zero-order chi connectivity index (χ0) is 26.7. The van der Waals surface area contributed by atoms with Gasteiger partial charge in [-0.1, -0.05) is 53.7 Å². The molecule has 0 aliphatic carbocycles. The van der Waals surface area contributed by atoms with Crippen LogP contribution in [-0.2, 0) is 35.7 Å². The summed E-state index contributed by atoms with van der Waals surface area (Å²) in [6.45, 7) is 16.6. The van der Waals surface area contributed by atoms with Gasteiger partial charge in [-0.3, -0.25) is 4.79 Å². The summed E-state index contributed by atoms with van der Waals surface area (Å²) >= 11 is 1.82. The molecule has 2 aromatic carbocycles. The van der Waals surface area contributed by atoms with Crippen LogP contribution >= 0.6 is 11.3 Å². The molecule has 5 heteroatoms. The van der Waals surface area contributed by atoms with Crippen LogP contribution in [0.3, 0.4) is 0 Å².